The number of rotatable bonds is 5. The Morgan fingerprint density at radius 3 is 2.50 bits per heavy atom. The normalized spacial score (nSPS) is 13.8. The fraction of sp³-hybridized carbons (Fsp3) is 0.353. The van der Waals surface area contributed by atoms with Gasteiger partial charge >= 0.3 is 11.8 Å². The summed E-state index contributed by atoms with van der Waals surface area (Å²) in [7, 11) is 0. The predicted molar refractivity (Wildman–Crippen MR) is 89.7 cm³/mol. The first-order valence-electron chi connectivity index (χ1n) is 8.06. The monoisotopic (exact) mass is 328 g/mol. The molecule has 1 fully saturated rings. The first-order chi connectivity index (χ1) is 11.7. The first-order valence-corrected chi connectivity index (χ1v) is 8.06. The summed E-state index contributed by atoms with van der Waals surface area (Å²) in [5.74, 6) is -1.23. The number of anilines is 2. The summed E-state index contributed by atoms with van der Waals surface area (Å²) in [6, 6.07) is 9.82. The Morgan fingerprint density at radius 1 is 1.08 bits per heavy atom. The molecule has 1 aromatic carbocycles. The highest BCUT2D eigenvalue weighted by atomic mass is 16.5. The highest BCUT2D eigenvalue weighted by Crippen LogP contribution is 2.20. The van der Waals surface area contributed by atoms with Crippen LogP contribution in [0.4, 0.5) is 11.5 Å². The van der Waals surface area contributed by atoms with E-state index in [1.165, 1.54) is 30.9 Å². The van der Waals surface area contributed by atoms with Gasteiger partial charge in [-0.15, -0.1) is 0 Å². The molecular weight excluding hydrogens is 308 g/mol. The Hall–Kier alpha value is -2.83. The van der Waals surface area contributed by atoms with E-state index in [9.17, 15) is 9.59 Å². The van der Waals surface area contributed by atoms with Gasteiger partial charge in [0.1, 0.15) is 6.26 Å². The molecule has 0 radical (unpaired) electrons. The van der Waals surface area contributed by atoms with Gasteiger partial charge in [-0.2, -0.15) is 0 Å². The van der Waals surface area contributed by atoms with Crippen molar-refractivity contribution in [1.82, 2.24) is 10.5 Å². The molecule has 2 aromatic rings. The highest BCUT2D eigenvalue weighted by Gasteiger charge is 2.14. The lowest BCUT2D eigenvalue weighted by molar-refractivity contribution is -0.136. The van der Waals surface area contributed by atoms with E-state index >= 15 is 0 Å². The lowest BCUT2D eigenvalue weighted by Gasteiger charge is -2.17. The molecule has 0 aliphatic carbocycles. The Labute approximate surface area is 140 Å². The van der Waals surface area contributed by atoms with Gasteiger partial charge in [-0.25, -0.2) is 0 Å². The van der Waals surface area contributed by atoms with Gasteiger partial charge < -0.3 is 14.7 Å². The van der Waals surface area contributed by atoms with Crippen LogP contribution < -0.4 is 15.5 Å². The number of amides is 2. The molecule has 0 atom stereocenters. The van der Waals surface area contributed by atoms with Gasteiger partial charge in [-0.3, -0.25) is 14.9 Å². The van der Waals surface area contributed by atoms with Crippen molar-refractivity contribution in [2.24, 2.45) is 0 Å². The Kier molecular flexibility index (Phi) is 5.10. The fourth-order valence-corrected chi connectivity index (χ4v) is 2.70. The molecule has 24 heavy (non-hydrogen) atoms. The molecule has 7 nitrogen and oxygen atoms in total. The van der Waals surface area contributed by atoms with E-state index in [2.05, 4.69) is 49.5 Å². The molecule has 2 amide bonds. The van der Waals surface area contributed by atoms with E-state index in [0.717, 1.165) is 18.7 Å². The maximum Gasteiger partial charge on any atom is 0.314 e. The summed E-state index contributed by atoms with van der Waals surface area (Å²) >= 11 is 0. The van der Waals surface area contributed by atoms with E-state index < -0.39 is 11.8 Å². The summed E-state index contributed by atoms with van der Waals surface area (Å²) in [6.45, 7) is 2.64. The van der Waals surface area contributed by atoms with E-state index in [4.69, 9.17) is 0 Å². The van der Waals surface area contributed by atoms with Crippen LogP contribution in [0.25, 0.3) is 0 Å². The summed E-state index contributed by atoms with van der Waals surface area (Å²) in [4.78, 5) is 25.7. The van der Waals surface area contributed by atoms with Gasteiger partial charge in [0, 0.05) is 31.4 Å². The van der Waals surface area contributed by atoms with Crippen molar-refractivity contribution < 1.29 is 14.1 Å². The van der Waals surface area contributed by atoms with Gasteiger partial charge in [-0.1, -0.05) is 17.3 Å². The summed E-state index contributed by atoms with van der Waals surface area (Å²) in [5, 5.41) is 8.46. The molecule has 1 aliphatic rings. The Bertz CT molecular complexity index is 676. The lowest BCUT2D eigenvalue weighted by Crippen LogP contribution is -2.36. The summed E-state index contributed by atoms with van der Waals surface area (Å²) < 4.78 is 4.58. The third kappa shape index (κ3) is 4.13. The molecule has 0 saturated carbocycles. The largest absolute Gasteiger partial charge is 0.372 e. The molecule has 0 bridgehead atoms. The molecule has 0 spiro atoms. The van der Waals surface area contributed by atoms with E-state index in [0.29, 0.717) is 13.0 Å². The van der Waals surface area contributed by atoms with Crippen molar-refractivity contribution in [1.29, 1.82) is 0 Å². The van der Waals surface area contributed by atoms with Crippen LogP contribution in [-0.2, 0) is 16.0 Å². The number of carbonyl (C=O) groups excluding carboxylic acids is 2. The Balaban J connectivity index is 1.42. The van der Waals surface area contributed by atoms with E-state index in [-0.39, 0.29) is 5.82 Å². The molecular formula is C17H20N4O3. The van der Waals surface area contributed by atoms with Gasteiger partial charge in [-0.05, 0) is 37.0 Å². The van der Waals surface area contributed by atoms with Crippen LogP contribution in [-0.4, -0.2) is 36.6 Å². The molecule has 1 aromatic heterocycles. The van der Waals surface area contributed by atoms with Crippen molar-refractivity contribution in [3.05, 3.63) is 42.2 Å². The zero-order valence-corrected chi connectivity index (χ0v) is 13.3. The number of hydrogen-bond acceptors (Lipinski definition) is 5. The maximum atomic E-state index is 11.7. The number of nitrogens with one attached hydrogen (secondary N) is 2. The second-order valence-electron chi connectivity index (χ2n) is 5.71. The third-order valence-electron chi connectivity index (χ3n) is 3.99. The molecule has 7 heteroatoms. The summed E-state index contributed by atoms with van der Waals surface area (Å²) in [5.41, 5.74) is 2.36. The SMILES string of the molecule is O=C(NCCc1ccc(N2CCCC2)cc1)C(=O)Nc1ccon1. The zero-order chi connectivity index (χ0) is 16.8. The minimum atomic E-state index is -0.756. The highest BCUT2D eigenvalue weighted by molar-refractivity contribution is 6.39. The lowest BCUT2D eigenvalue weighted by atomic mass is 10.1. The van der Waals surface area contributed by atoms with Gasteiger partial charge in [0.15, 0.2) is 5.82 Å². The standard InChI is InChI=1S/C17H20N4O3/c22-16(17(23)19-15-8-12-24-20-15)18-9-7-13-3-5-14(6-4-13)21-10-1-2-11-21/h3-6,8,12H,1-2,7,9-11H2,(H,18,22)(H,19,20,23). The topological polar surface area (TPSA) is 87.5 Å². The molecule has 3 rings (SSSR count). The van der Waals surface area contributed by atoms with Crippen LogP contribution in [0.3, 0.4) is 0 Å². The second-order valence-corrected chi connectivity index (χ2v) is 5.71. The zero-order valence-electron chi connectivity index (χ0n) is 13.3. The van der Waals surface area contributed by atoms with Crippen LogP contribution in [0.2, 0.25) is 0 Å². The minimum absolute atomic E-state index is 0.215. The molecule has 2 N–H and O–H groups in total. The van der Waals surface area contributed by atoms with Crippen LogP contribution in [0.5, 0.6) is 0 Å². The molecule has 0 unspecified atom stereocenters. The summed E-state index contributed by atoms with van der Waals surface area (Å²) in [6.07, 6.45) is 4.50. The smallest absolute Gasteiger partial charge is 0.314 e. The Morgan fingerprint density at radius 2 is 1.83 bits per heavy atom. The van der Waals surface area contributed by atoms with Crippen molar-refractivity contribution in [3.8, 4) is 0 Å². The maximum absolute atomic E-state index is 11.7. The quantitative estimate of drug-likeness (QED) is 0.814. The van der Waals surface area contributed by atoms with Crippen LogP contribution in [0.1, 0.15) is 18.4 Å². The number of aromatic nitrogens is 1. The number of benzene rings is 1. The van der Waals surface area contributed by atoms with Gasteiger partial charge in [0.2, 0.25) is 0 Å². The van der Waals surface area contributed by atoms with Crippen molar-refractivity contribution >= 4 is 23.3 Å². The molecule has 1 aliphatic heterocycles. The number of hydrogen-bond donors (Lipinski definition) is 2. The number of nitrogens with zero attached hydrogens (tertiary/aromatic N) is 2. The molecule has 2 heterocycles. The van der Waals surface area contributed by atoms with E-state index in [1.54, 1.807) is 0 Å². The predicted octanol–water partition coefficient (Wildman–Crippen LogP) is 1.57. The van der Waals surface area contributed by atoms with Crippen molar-refractivity contribution in [2.75, 3.05) is 29.9 Å². The number of carbonyl (C=O) groups is 2. The average Bonchev–Trinajstić information content (AvgIpc) is 3.29. The van der Waals surface area contributed by atoms with Crippen LogP contribution >= 0.6 is 0 Å². The van der Waals surface area contributed by atoms with Crippen LogP contribution in [0.15, 0.2) is 41.1 Å². The van der Waals surface area contributed by atoms with Crippen molar-refractivity contribution in [3.63, 3.8) is 0 Å². The van der Waals surface area contributed by atoms with Crippen molar-refractivity contribution in [2.45, 2.75) is 19.3 Å². The van der Waals surface area contributed by atoms with Crippen LogP contribution in [0, 0.1) is 0 Å². The second kappa shape index (κ2) is 7.63. The van der Waals surface area contributed by atoms with Gasteiger partial charge in [0.25, 0.3) is 0 Å². The third-order valence-corrected chi connectivity index (χ3v) is 3.99. The first kappa shape index (κ1) is 16.0. The fourth-order valence-electron chi connectivity index (χ4n) is 2.70. The van der Waals surface area contributed by atoms with E-state index in [1.807, 2.05) is 0 Å². The minimum Gasteiger partial charge on any atom is -0.372 e. The molecule has 1 saturated heterocycles. The molecule has 126 valence electrons. The average molecular weight is 328 g/mol. The van der Waals surface area contributed by atoms with Gasteiger partial charge in [0.05, 0.1) is 0 Å².